The molecule has 0 amide bonds. The van der Waals surface area contributed by atoms with E-state index in [1.54, 1.807) is 0 Å². The van der Waals surface area contributed by atoms with Crippen molar-refractivity contribution in [3.63, 3.8) is 0 Å². The van der Waals surface area contributed by atoms with Gasteiger partial charge in [-0.05, 0) is 37.5 Å². The molecule has 27 heavy (non-hydrogen) atoms. The molecule has 0 saturated heterocycles. The Hall–Kier alpha value is -2.82. The molecule has 1 aliphatic carbocycles. The summed E-state index contributed by atoms with van der Waals surface area (Å²) in [7, 11) is 1.84. The number of rotatable bonds is 6. The van der Waals surface area contributed by atoms with Crippen LogP contribution in [0.5, 0.6) is 0 Å². The van der Waals surface area contributed by atoms with E-state index >= 15 is 0 Å². The van der Waals surface area contributed by atoms with Crippen molar-refractivity contribution in [1.29, 1.82) is 0 Å². The highest BCUT2D eigenvalue weighted by Crippen LogP contribution is 2.40. The van der Waals surface area contributed by atoms with Gasteiger partial charge in [-0.3, -0.25) is 4.99 Å². The average Bonchev–Trinajstić information content (AvgIpc) is 3.40. The Morgan fingerprint density at radius 3 is 2.74 bits per heavy atom. The van der Waals surface area contributed by atoms with Crippen LogP contribution in [0.3, 0.4) is 0 Å². The first-order valence-corrected chi connectivity index (χ1v) is 9.70. The highest BCUT2D eigenvalue weighted by atomic mass is 15.2. The van der Waals surface area contributed by atoms with Crippen LogP contribution in [0.15, 0.2) is 59.6 Å². The molecule has 4 rings (SSSR count). The van der Waals surface area contributed by atoms with Gasteiger partial charge in [0.1, 0.15) is 5.82 Å². The molecule has 1 fully saturated rings. The summed E-state index contributed by atoms with van der Waals surface area (Å²) >= 11 is 0. The van der Waals surface area contributed by atoms with E-state index in [4.69, 9.17) is 0 Å². The molecule has 140 valence electrons. The average molecular weight is 361 g/mol. The van der Waals surface area contributed by atoms with Crippen LogP contribution in [-0.4, -0.2) is 35.1 Å². The molecule has 0 spiro atoms. The van der Waals surface area contributed by atoms with Crippen LogP contribution >= 0.6 is 0 Å². The molecule has 2 aromatic carbocycles. The van der Waals surface area contributed by atoms with E-state index in [1.807, 2.05) is 13.1 Å². The second-order valence-electron chi connectivity index (χ2n) is 7.16. The molecule has 1 aromatic heterocycles. The Balaban J connectivity index is 1.25. The summed E-state index contributed by atoms with van der Waals surface area (Å²) in [4.78, 5) is 9.01. The molecule has 3 aromatic rings. The third-order valence-corrected chi connectivity index (χ3v) is 5.26. The normalized spacial score (nSPS) is 19.3. The Kier molecular flexibility index (Phi) is 5.10. The van der Waals surface area contributed by atoms with Gasteiger partial charge in [0.25, 0.3) is 0 Å². The maximum Gasteiger partial charge on any atom is 0.191 e. The lowest BCUT2D eigenvalue weighted by atomic mass is 10.1. The van der Waals surface area contributed by atoms with Crippen molar-refractivity contribution in [2.75, 3.05) is 13.6 Å². The van der Waals surface area contributed by atoms with Crippen molar-refractivity contribution >= 4 is 17.0 Å². The Morgan fingerprint density at radius 2 is 1.93 bits per heavy atom. The fourth-order valence-electron chi connectivity index (χ4n) is 3.72. The van der Waals surface area contributed by atoms with Crippen molar-refractivity contribution < 1.29 is 0 Å². The highest BCUT2D eigenvalue weighted by molar-refractivity contribution is 5.80. The number of hydrogen-bond donors (Lipinski definition) is 2. The summed E-state index contributed by atoms with van der Waals surface area (Å²) in [5, 5.41) is 6.99. The van der Waals surface area contributed by atoms with Crippen LogP contribution in [-0.2, 0) is 6.54 Å². The van der Waals surface area contributed by atoms with E-state index < -0.39 is 0 Å². The number of aromatic nitrogens is 2. The van der Waals surface area contributed by atoms with Crippen molar-refractivity contribution in [3.05, 3.63) is 66.0 Å². The second-order valence-corrected chi connectivity index (χ2v) is 7.16. The van der Waals surface area contributed by atoms with Crippen molar-refractivity contribution in [1.82, 2.24) is 20.2 Å². The lowest BCUT2D eigenvalue weighted by Crippen LogP contribution is -2.39. The van der Waals surface area contributed by atoms with Gasteiger partial charge in [-0.25, -0.2) is 4.98 Å². The third-order valence-electron chi connectivity index (χ3n) is 5.26. The summed E-state index contributed by atoms with van der Waals surface area (Å²) in [6.07, 6.45) is 2.19. The van der Waals surface area contributed by atoms with E-state index in [9.17, 15) is 0 Å². The lowest BCUT2D eigenvalue weighted by molar-refractivity contribution is 0.623. The number of fused-ring (bicyclic) bond motifs is 1. The maximum atomic E-state index is 4.63. The van der Waals surface area contributed by atoms with Gasteiger partial charge in [0.2, 0.25) is 0 Å². The first-order valence-electron chi connectivity index (χ1n) is 9.70. The van der Waals surface area contributed by atoms with Crippen LogP contribution < -0.4 is 10.6 Å². The Bertz CT molecular complexity index is 928. The van der Waals surface area contributed by atoms with Gasteiger partial charge in [-0.15, -0.1) is 0 Å². The summed E-state index contributed by atoms with van der Waals surface area (Å²) < 4.78 is 2.29. The maximum absolute atomic E-state index is 4.63. The molecule has 2 atom stereocenters. The quantitative estimate of drug-likeness (QED) is 0.402. The molecule has 5 nitrogen and oxygen atoms in total. The predicted octanol–water partition coefficient (Wildman–Crippen LogP) is 3.46. The zero-order chi connectivity index (χ0) is 18.6. The van der Waals surface area contributed by atoms with E-state index in [0.717, 1.165) is 36.8 Å². The summed E-state index contributed by atoms with van der Waals surface area (Å²) in [5.74, 6) is 2.57. The zero-order valence-corrected chi connectivity index (χ0v) is 16.0. The molecule has 2 unspecified atom stereocenters. The van der Waals surface area contributed by atoms with Gasteiger partial charge in [0.15, 0.2) is 5.96 Å². The molecule has 1 heterocycles. The standard InChI is InChI=1S/C22H27N5/c1-16-25-19-11-6-7-12-21(19)27(16)14-8-13-24-22(23-2)26-20-15-18(20)17-9-4-3-5-10-17/h3-7,9-12,18,20H,8,13-15H2,1-2H3,(H2,23,24,26). The molecule has 2 N–H and O–H groups in total. The molecule has 1 aliphatic rings. The van der Waals surface area contributed by atoms with Crippen molar-refractivity contribution in [2.24, 2.45) is 4.99 Å². The van der Waals surface area contributed by atoms with Crippen LogP contribution in [0.1, 0.15) is 30.1 Å². The van der Waals surface area contributed by atoms with Crippen molar-refractivity contribution in [3.8, 4) is 0 Å². The van der Waals surface area contributed by atoms with E-state index in [-0.39, 0.29) is 0 Å². The van der Waals surface area contributed by atoms with E-state index in [2.05, 4.69) is 80.6 Å². The van der Waals surface area contributed by atoms with Gasteiger partial charge in [-0.1, -0.05) is 42.5 Å². The second kappa shape index (κ2) is 7.82. The summed E-state index contributed by atoms with van der Waals surface area (Å²) in [6.45, 7) is 3.91. The lowest BCUT2D eigenvalue weighted by Gasteiger charge is -2.13. The number of aryl methyl sites for hydroxylation is 2. The molecule has 1 saturated carbocycles. The largest absolute Gasteiger partial charge is 0.356 e. The molecular weight excluding hydrogens is 334 g/mol. The first kappa shape index (κ1) is 17.6. The smallest absolute Gasteiger partial charge is 0.191 e. The SMILES string of the molecule is CN=C(NCCCn1c(C)nc2ccccc21)NC1CC1c1ccccc1. The molecule has 0 radical (unpaired) electrons. The van der Waals surface area contributed by atoms with E-state index in [1.165, 1.54) is 17.5 Å². The fourth-order valence-corrected chi connectivity index (χ4v) is 3.72. The van der Waals surface area contributed by atoms with Gasteiger partial charge in [-0.2, -0.15) is 0 Å². The van der Waals surface area contributed by atoms with Gasteiger partial charge in [0, 0.05) is 32.1 Å². The third kappa shape index (κ3) is 3.97. The number of nitrogens with zero attached hydrogens (tertiary/aromatic N) is 3. The van der Waals surface area contributed by atoms with Gasteiger partial charge in [0.05, 0.1) is 11.0 Å². The van der Waals surface area contributed by atoms with Crippen LogP contribution in [0.4, 0.5) is 0 Å². The Morgan fingerprint density at radius 1 is 1.15 bits per heavy atom. The molecule has 0 aliphatic heterocycles. The van der Waals surface area contributed by atoms with Gasteiger partial charge >= 0.3 is 0 Å². The fraction of sp³-hybridized carbons (Fsp3) is 0.364. The number of guanidine groups is 1. The molecule has 0 bridgehead atoms. The summed E-state index contributed by atoms with van der Waals surface area (Å²) in [6, 6.07) is 19.5. The number of hydrogen-bond acceptors (Lipinski definition) is 2. The van der Waals surface area contributed by atoms with Crippen LogP contribution in [0.25, 0.3) is 11.0 Å². The number of benzene rings is 2. The van der Waals surface area contributed by atoms with Crippen LogP contribution in [0, 0.1) is 6.92 Å². The van der Waals surface area contributed by atoms with Gasteiger partial charge < -0.3 is 15.2 Å². The number of para-hydroxylation sites is 2. The number of aliphatic imine (C=N–C) groups is 1. The van der Waals surface area contributed by atoms with E-state index in [0.29, 0.717) is 12.0 Å². The zero-order valence-electron chi connectivity index (χ0n) is 16.0. The highest BCUT2D eigenvalue weighted by Gasteiger charge is 2.38. The molecular formula is C22H27N5. The monoisotopic (exact) mass is 361 g/mol. The minimum absolute atomic E-state index is 0.485. The first-order chi connectivity index (χ1) is 13.3. The minimum Gasteiger partial charge on any atom is -0.356 e. The molecule has 5 heteroatoms. The van der Waals surface area contributed by atoms with Crippen molar-refractivity contribution in [2.45, 2.75) is 38.3 Å². The number of imidazole rings is 1. The topological polar surface area (TPSA) is 54.2 Å². The predicted molar refractivity (Wildman–Crippen MR) is 111 cm³/mol. The summed E-state index contributed by atoms with van der Waals surface area (Å²) in [5.41, 5.74) is 3.69. The minimum atomic E-state index is 0.485. The number of nitrogens with one attached hydrogen (secondary N) is 2. The van der Waals surface area contributed by atoms with Crippen LogP contribution in [0.2, 0.25) is 0 Å². The Labute approximate surface area is 160 Å².